The van der Waals surface area contributed by atoms with Crippen LogP contribution in [0.25, 0.3) is 33.2 Å². The minimum atomic E-state index is 0.0988. The normalized spacial score (nSPS) is 16.1. The van der Waals surface area contributed by atoms with Crippen LogP contribution in [0.4, 0.5) is 0 Å². The van der Waals surface area contributed by atoms with Gasteiger partial charge in [-0.15, -0.1) is 0 Å². The van der Waals surface area contributed by atoms with Crippen LogP contribution >= 0.6 is 11.8 Å². The fraction of sp³-hybridized carbons (Fsp3) is 0.261. The third-order valence-corrected chi connectivity index (χ3v) is 15.7. The number of para-hydroxylation sites is 2. The molecule has 5 aromatic carbocycles. The van der Waals surface area contributed by atoms with Gasteiger partial charge in [-0.1, -0.05) is 0 Å². The van der Waals surface area contributed by atoms with Crippen molar-refractivity contribution in [1.82, 2.24) is 9.13 Å². The molecule has 7 aromatic rings. The molecule has 0 unspecified atom stereocenters. The molecular formula is C46H41BN2SSe. The van der Waals surface area contributed by atoms with Gasteiger partial charge in [-0.25, -0.2) is 0 Å². The van der Waals surface area contributed by atoms with Crippen LogP contribution in [-0.2, 0) is 31.1 Å². The Balaban J connectivity index is 1.13. The van der Waals surface area contributed by atoms with E-state index in [0.29, 0.717) is 0 Å². The van der Waals surface area contributed by atoms with Gasteiger partial charge < -0.3 is 0 Å². The van der Waals surface area contributed by atoms with Crippen LogP contribution in [-0.4, -0.2) is 30.8 Å². The first-order valence-corrected chi connectivity index (χ1v) is 21.5. The van der Waals surface area contributed by atoms with Crippen molar-refractivity contribution < 1.29 is 0 Å². The Morgan fingerprint density at radius 3 is 1.86 bits per heavy atom. The Labute approximate surface area is 311 Å². The Kier molecular flexibility index (Phi) is 6.81. The molecule has 0 atom stereocenters. The Hall–Kier alpha value is -3.89. The molecule has 51 heavy (non-hydrogen) atoms. The Bertz CT molecular complexity index is 2600. The van der Waals surface area contributed by atoms with Crippen LogP contribution in [0.1, 0.15) is 74.5 Å². The van der Waals surface area contributed by atoms with Crippen LogP contribution in [0.5, 0.6) is 0 Å². The van der Waals surface area contributed by atoms with E-state index in [0.717, 1.165) is 12.8 Å². The molecule has 2 aromatic heterocycles. The van der Waals surface area contributed by atoms with Gasteiger partial charge >= 0.3 is 314 Å². The van der Waals surface area contributed by atoms with Crippen molar-refractivity contribution in [2.24, 2.45) is 0 Å². The number of nitrogens with zero attached hydrogens (tertiary/aromatic N) is 2. The van der Waals surface area contributed by atoms with Crippen LogP contribution in [0.3, 0.4) is 0 Å². The molecule has 4 heterocycles. The zero-order valence-electron chi connectivity index (χ0n) is 29.7. The van der Waals surface area contributed by atoms with E-state index in [1.807, 2.05) is 11.8 Å². The monoisotopic (exact) mass is 744 g/mol. The Morgan fingerprint density at radius 1 is 0.588 bits per heavy atom. The number of hydrogen-bond donors (Lipinski definition) is 0. The van der Waals surface area contributed by atoms with E-state index in [1.165, 1.54) is 109 Å². The maximum absolute atomic E-state index is 2.62. The van der Waals surface area contributed by atoms with Gasteiger partial charge in [0.15, 0.2) is 0 Å². The quantitative estimate of drug-likeness (QED) is 0.166. The van der Waals surface area contributed by atoms with Crippen molar-refractivity contribution >= 4 is 80.5 Å². The molecule has 0 bridgehead atoms. The topological polar surface area (TPSA) is 9.86 Å². The van der Waals surface area contributed by atoms with Crippen LogP contribution in [0, 0.1) is 0 Å². The van der Waals surface area contributed by atoms with Crippen molar-refractivity contribution in [2.45, 2.75) is 87.3 Å². The third kappa shape index (κ3) is 4.57. The van der Waals surface area contributed by atoms with Gasteiger partial charge in [0, 0.05) is 0 Å². The number of aryl methyl sites for hydroxylation is 2. The van der Waals surface area contributed by atoms with Gasteiger partial charge in [0.05, 0.1) is 0 Å². The number of hydrogen-bond acceptors (Lipinski definition) is 1. The molecule has 250 valence electrons. The number of fused-ring (bicyclic) bond motifs is 10. The summed E-state index contributed by atoms with van der Waals surface area (Å²) in [5, 5.41) is 2.89. The first-order chi connectivity index (χ1) is 24.9. The van der Waals surface area contributed by atoms with Gasteiger partial charge in [0.25, 0.3) is 0 Å². The van der Waals surface area contributed by atoms with Crippen LogP contribution in [0.2, 0.25) is 0 Å². The first kappa shape index (κ1) is 30.7. The number of aromatic nitrogens is 2. The average molecular weight is 744 g/mol. The summed E-state index contributed by atoms with van der Waals surface area (Å²) in [5.74, 6) is 0. The third-order valence-electron chi connectivity index (χ3n) is 12.2. The maximum atomic E-state index is 2.62. The van der Waals surface area contributed by atoms with E-state index in [4.69, 9.17) is 0 Å². The molecule has 0 fully saturated rings. The molecule has 0 radical (unpaired) electrons. The van der Waals surface area contributed by atoms with E-state index in [-0.39, 0.29) is 27.1 Å². The van der Waals surface area contributed by atoms with Gasteiger partial charge in [-0.2, -0.15) is 0 Å². The van der Waals surface area contributed by atoms with Crippen molar-refractivity contribution in [3.8, 4) is 11.4 Å². The number of rotatable bonds is 2. The summed E-state index contributed by atoms with van der Waals surface area (Å²) in [6.45, 7) is 7.36. The predicted molar refractivity (Wildman–Crippen MR) is 219 cm³/mol. The summed E-state index contributed by atoms with van der Waals surface area (Å²) in [6.07, 6.45) is 9.85. The molecule has 11 rings (SSSR count). The van der Waals surface area contributed by atoms with Gasteiger partial charge in [-0.3, -0.25) is 0 Å². The van der Waals surface area contributed by atoms with Crippen molar-refractivity contribution in [3.05, 3.63) is 125 Å². The summed E-state index contributed by atoms with van der Waals surface area (Å²) >= 11 is 2.28. The first-order valence-electron chi connectivity index (χ1n) is 19.0. The fourth-order valence-electron chi connectivity index (χ4n) is 9.77. The van der Waals surface area contributed by atoms with Crippen molar-refractivity contribution in [2.75, 3.05) is 0 Å². The van der Waals surface area contributed by atoms with Crippen LogP contribution in [0.15, 0.2) is 107 Å². The summed E-state index contributed by atoms with van der Waals surface area (Å²) in [5.41, 5.74) is 17.7. The second-order valence-corrected chi connectivity index (χ2v) is 19.5. The van der Waals surface area contributed by atoms with Crippen molar-refractivity contribution in [1.29, 1.82) is 0 Å². The molecule has 2 aliphatic heterocycles. The van der Waals surface area contributed by atoms with E-state index in [2.05, 4.69) is 127 Å². The van der Waals surface area contributed by atoms with Gasteiger partial charge in [0.1, 0.15) is 0 Å². The van der Waals surface area contributed by atoms with E-state index >= 15 is 0 Å². The van der Waals surface area contributed by atoms with Gasteiger partial charge in [-0.05, 0) is 0 Å². The molecule has 2 nitrogen and oxygen atoms in total. The molecule has 0 amide bonds. The van der Waals surface area contributed by atoms with Gasteiger partial charge in [0.2, 0.25) is 0 Å². The zero-order chi connectivity index (χ0) is 34.0. The molecule has 0 spiro atoms. The Morgan fingerprint density at radius 2 is 1.20 bits per heavy atom. The summed E-state index contributed by atoms with van der Waals surface area (Å²) < 4.78 is 8.34. The van der Waals surface area contributed by atoms with Crippen LogP contribution < -0.4 is 25.3 Å². The summed E-state index contributed by atoms with van der Waals surface area (Å²) in [4.78, 5) is 2.88. The summed E-state index contributed by atoms with van der Waals surface area (Å²) in [7, 11) is 0. The SMILES string of the molecule is CC(C)(C)c1cc2c3c(c1)[Se]c1ccc(-n4c5c(c6ccccc64)CCCC5)cc1B3c1ccc(-n3c4c(c5ccccc53)CCCC4)cc1S2. The molecule has 4 aliphatic rings. The molecular weight excluding hydrogens is 702 g/mol. The minimum absolute atomic E-state index is 0.0988. The zero-order valence-corrected chi connectivity index (χ0v) is 32.2. The average Bonchev–Trinajstić information content (AvgIpc) is 3.67. The second-order valence-electron chi connectivity index (χ2n) is 16.2. The van der Waals surface area contributed by atoms with E-state index in [1.54, 1.807) is 25.5 Å². The molecule has 0 saturated carbocycles. The predicted octanol–water partition coefficient (Wildman–Crippen LogP) is 7.58. The van der Waals surface area contributed by atoms with E-state index < -0.39 is 0 Å². The molecule has 0 N–H and O–H groups in total. The number of benzene rings is 5. The molecule has 0 saturated heterocycles. The molecule has 5 heteroatoms. The molecule has 2 aliphatic carbocycles. The summed E-state index contributed by atoms with van der Waals surface area (Å²) in [6, 6.07) is 38.4. The fourth-order valence-corrected chi connectivity index (χ4v) is 13.7. The van der Waals surface area contributed by atoms with Crippen molar-refractivity contribution in [3.63, 3.8) is 0 Å². The van der Waals surface area contributed by atoms with E-state index in [9.17, 15) is 0 Å². The second kappa shape index (κ2) is 11.3. The standard InChI is InChI=1S/C46H41BN2SSe/c1-46(2,3)28-24-42-45-44(25-28)51-43-23-21-29(48-37-16-8-4-12-31(37)32-13-5-9-17-38(32)48)26-36(43)47(45)35-22-20-30(27-41(35)50-42)49-39-18-10-6-14-33(39)34-15-7-11-19-40(34)49/h4,6,8,10,12,14,16,18,20-27H,5,7,9,11,13,15,17,19H2,1-3H3.